The highest BCUT2D eigenvalue weighted by atomic mass is 16.5. The smallest absolute Gasteiger partial charge is 0.0664 e. The molecule has 2 N–H and O–H groups in total. The van der Waals surface area contributed by atoms with E-state index in [2.05, 4.69) is 59.9 Å². The Balaban J connectivity index is 2.06. The number of aliphatic hydroxyl groups is 1. The van der Waals surface area contributed by atoms with Crippen molar-refractivity contribution in [3.05, 3.63) is 60.2 Å². The first-order valence-corrected chi connectivity index (χ1v) is 7.91. The zero-order chi connectivity index (χ0) is 16.3. The van der Waals surface area contributed by atoms with E-state index >= 15 is 0 Å². The lowest BCUT2D eigenvalue weighted by Crippen LogP contribution is -2.49. The highest BCUT2D eigenvalue weighted by Crippen LogP contribution is 2.28. The zero-order valence-electron chi connectivity index (χ0n) is 13.7. The first kappa shape index (κ1) is 15.9. The maximum atomic E-state index is 9.68. The molecule has 0 aliphatic rings. The molecule has 0 saturated carbocycles. The number of aliphatic hydroxyl groups excluding tert-OH is 1. The lowest BCUT2D eigenvalue weighted by atomic mass is 9.95. The van der Waals surface area contributed by atoms with Crippen LogP contribution >= 0.6 is 0 Å². The minimum Gasteiger partial charge on any atom is -0.394 e. The van der Waals surface area contributed by atoms with Gasteiger partial charge in [0.25, 0.3) is 0 Å². The fourth-order valence-electron chi connectivity index (χ4n) is 3.07. The number of ether oxygens (including phenoxy) is 1. The van der Waals surface area contributed by atoms with Crippen LogP contribution in [0.15, 0.2) is 54.6 Å². The van der Waals surface area contributed by atoms with Gasteiger partial charge in [-0.3, -0.25) is 0 Å². The molecular formula is C20H23NO2. The van der Waals surface area contributed by atoms with Crippen molar-refractivity contribution < 1.29 is 9.84 Å². The van der Waals surface area contributed by atoms with E-state index in [9.17, 15) is 5.11 Å². The van der Waals surface area contributed by atoms with Crippen LogP contribution in [0.5, 0.6) is 0 Å². The molecule has 3 heteroatoms. The van der Waals surface area contributed by atoms with Gasteiger partial charge in [0, 0.05) is 13.7 Å². The maximum Gasteiger partial charge on any atom is 0.0664 e. The van der Waals surface area contributed by atoms with Gasteiger partial charge in [-0.15, -0.1) is 0 Å². The molecule has 0 aliphatic carbocycles. The molecule has 0 fully saturated rings. The summed E-state index contributed by atoms with van der Waals surface area (Å²) in [5.41, 5.74) is 0.807. The Morgan fingerprint density at radius 3 is 2.09 bits per heavy atom. The van der Waals surface area contributed by atoms with Crippen LogP contribution in [0.3, 0.4) is 0 Å². The molecule has 3 rings (SSSR count). The van der Waals surface area contributed by atoms with Crippen molar-refractivity contribution in [2.75, 3.05) is 20.3 Å². The van der Waals surface area contributed by atoms with Crippen LogP contribution in [0.1, 0.15) is 12.5 Å². The number of methoxy groups -OCH3 is 1. The van der Waals surface area contributed by atoms with Gasteiger partial charge in [0.05, 0.1) is 18.8 Å². The lowest BCUT2D eigenvalue weighted by Gasteiger charge is -2.28. The second kappa shape index (κ2) is 6.67. The van der Waals surface area contributed by atoms with E-state index in [-0.39, 0.29) is 6.61 Å². The molecule has 0 aliphatic heterocycles. The molecule has 0 aromatic heterocycles. The Kier molecular flexibility index (Phi) is 4.62. The summed E-state index contributed by atoms with van der Waals surface area (Å²) in [4.78, 5) is 0. The molecule has 0 bridgehead atoms. The summed E-state index contributed by atoms with van der Waals surface area (Å²) < 4.78 is 5.24. The first-order valence-electron chi connectivity index (χ1n) is 7.91. The summed E-state index contributed by atoms with van der Waals surface area (Å²) in [5, 5.41) is 18.1. The number of benzene rings is 3. The SMILES string of the molecule is COCC(C)(CO)NCc1c2ccccc2cc2ccccc12. The molecule has 0 heterocycles. The van der Waals surface area contributed by atoms with Crippen molar-refractivity contribution in [2.24, 2.45) is 0 Å². The Hall–Kier alpha value is -1.94. The van der Waals surface area contributed by atoms with E-state index in [4.69, 9.17) is 4.74 Å². The predicted octanol–water partition coefficient (Wildman–Crippen LogP) is 3.48. The van der Waals surface area contributed by atoms with Crippen molar-refractivity contribution in [2.45, 2.75) is 19.0 Å². The molecule has 0 radical (unpaired) electrons. The molecule has 0 amide bonds. The Morgan fingerprint density at radius 2 is 1.57 bits per heavy atom. The Bertz CT molecular complexity index is 761. The molecule has 120 valence electrons. The van der Waals surface area contributed by atoms with Crippen LogP contribution in [-0.4, -0.2) is 31.0 Å². The Labute approximate surface area is 136 Å². The quantitative estimate of drug-likeness (QED) is 0.685. The van der Waals surface area contributed by atoms with E-state index < -0.39 is 5.54 Å². The number of fused-ring (bicyclic) bond motifs is 2. The molecular weight excluding hydrogens is 286 g/mol. The number of hydrogen-bond donors (Lipinski definition) is 2. The highest BCUT2D eigenvalue weighted by molar-refractivity contribution is 6.02. The summed E-state index contributed by atoms with van der Waals surface area (Å²) in [6.45, 7) is 3.15. The molecule has 1 atom stereocenters. The fourth-order valence-corrected chi connectivity index (χ4v) is 3.07. The molecule has 1 unspecified atom stereocenters. The summed E-state index contributed by atoms with van der Waals surface area (Å²) in [7, 11) is 1.66. The van der Waals surface area contributed by atoms with Crippen molar-refractivity contribution in [3.8, 4) is 0 Å². The summed E-state index contributed by atoms with van der Waals surface area (Å²) in [6.07, 6.45) is 0. The van der Waals surface area contributed by atoms with Gasteiger partial charge in [-0.05, 0) is 40.1 Å². The van der Waals surface area contributed by atoms with E-state index in [0.717, 1.165) is 0 Å². The summed E-state index contributed by atoms with van der Waals surface area (Å²) in [5.74, 6) is 0. The van der Waals surface area contributed by atoms with Crippen molar-refractivity contribution in [1.82, 2.24) is 5.32 Å². The minimum absolute atomic E-state index is 0.0313. The lowest BCUT2D eigenvalue weighted by molar-refractivity contribution is 0.0724. The van der Waals surface area contributed by atoms with E-state index in [0.29, 0.717) is 13.2 Å². The summed E-state index contributed by atoms with van der Waals surface area (Å²) in [6, 6.07) is 19.1. The van der Waals surface area contributed by atoms with Crippen LogP contribution in [0, 0.1) is 0 Å². The fraction of sp³-hybridized carbons (Fsp3) is 0.300. The highest BCUT2D eigenvalue weighted by Gasteiger charge is 2.23. The van der Waals surface area contributed by atoms with Crippen molar-refractivity contribution in [1.29, 1.82) is 0 Å². The van der Waals surface area contributed by atoms with Gasteiger partial charge in [-0.2, -0.15) is 0 Å². The zero-order valence-corrected chi connectivity index (χ0v) is 13.7. The molecule has 23 heavy (non-hydrogen) atoms. The van der Waals surface area contributed by atoms with Gasteiger partial charge in [0.15, 0.2) is 0 Å². The van der Waals surface area contributed by atoms with E-state index in [1.165, 1.54) is 27.1 Å². The monoisotopic (exact) mass is 309 g/mol. The second-order valence-corrected chi connectivity index (χ2v) is 6.30. The molecule has 0 saturated heterocycles. The summed E-state index contributed by atoms with van der Waals surface area (Å²) >= 11 is 0. The van der Waals surface area contributed by atoms with E-state index in [1.807, 2.05) is 6.92 Å². The van der Waals surface area contributed by atoms with Crippen LogP contribution in [0.25, 0.3) is 21.5 Å². The number of hydrogen-bond acceptors (Lipinski definition) is 3. The van der Waals surface area contributed by atoms with Crippen LogP contribution in [-0.2, 0) is 11.3 Å². The number of nitrogens with one attached hydrogen (secondary N) is 1. The predicted molar refractivity (Wildman–Crippen MR) is 95.7 cm³/mol. The maximum absolute atomic E-state index is 9.68. The van der Waals surface area contributed by atoms with Gasteiger partial charge in [-0.25, -0.2) is 0 Å². The molecule has 3 aromatic rings. The average molecular weight is 309 g/mol. The van der Waals surface area contributed by atoms with Gasteiger partial charge in [-0.1, -0.05) is 48.5 Å². The van der Waals surface area contributed by atoms with Gasteiger partial charge in [0.2, 0.25) is 0 Å². The van der Waals surface area contributed by atoms with Gasteiger partial charge < -0.3 is 15.2 Å². The third kappa shape index (κ3) is 3.22. The van der Waals surface area contributed by atoms with E-state index in [1.54, 1.807) is 7.11 Å². The van der Waals surface area contributed by atoms with Crippen molar-refractivity contribution in [3.63, 3.8) is 0 Å². The third-order valence-corrected chi connectivity index (χ3v) is 4.39. The van der Waals surface area contributed by atoms with Gasteiger partial charge in [0.1, 0.15) is 0 Å². The van der Waals surface area contributed by atoms with Crippen LogP contribution in [0.2, 0.25) is 0 Å². The van der Waals surface area contributed by atoms with Crippen molar-refractivity contribution >= 4 is 21.5 Å². The normalized spacial score (nSPS) is 14.2. The minimum atomic E-state index is -0.452. The first-order chi connectivity index (χ1) is 11.2. The van der Waals surface area contributed by atoms with Crippen LogP contribution in [0.4, 0.5) is 0 Å². The number of rotatable bonds is 6. The molecule has 0 spiro atoms. The Morgan fingerprint density at radius 1 is 1.00 bits per heavy atom. The van der Waals surface area contributed by atoms with Crippen LogP contribution < -0.4 is 5.32 Å². The van der Waals surface area contributed by atoms with Gasteiger partial charge >= 0.3 is 0 Å². The molecule has 3 aromatic carbocycles. The largest absolute Gasteiger partial charge is 0.394 e. The second-order valence-electron chi connectivity index (χ2n) is 6.30. The third-order valence-electron chi connectivity index (χ3n) is 4.39. The molecule has 3 nitrogen and oxygen atoms in total. The topological polar surface area (TPSA) is 41.5 Å². The standard InChI is InChI=1S/C20H23NO2/c1-20(13-22,14-23-2)21-12-19-17-9-5-3-7-15(17)11-16-8-4-6-10-18(16)19/h3-11,21-22H,12-14H2,1-2H3. The average Bonchev–Trinajstić information content (AvgIpc) is 2.59.